The molecule has 0 amide bonds. The molecule has 0 aromatic heterocycles. The van der Waals surface area contributed by atoms with Crippen LogP contribution in [0.25, 0.3) is 0 Å². The maximum absolute atomic E-state index is 9.67. The molecule has 1 aromatic rings. The molecular weight excluding hydrogens is 226 g/mol. The van der Waals surface area contributed by atoms with Gasteiger partial charge in [0.15, 0.2) is 5.75 Å². The quantitative estimate of drug-likeness (QED) is 0.710. The number of benzene rings is 1. The van der Waals surface area contributed by atoms with E-state index in [-0.39, 0.29) is 0 Å². The Morgan fingerprint density at radius 1 is 1.39 bits per heavy atom. The van der Waals surface area contributed by atoms with Crippen LogP contribution in [0.3, 0.4) is 0 Å². The normalized spacial score (nSPS) is 15.0. The Bertz CT molecular complexity index is 491. The SMILES string of the molecule is CN1CCCOc2c(C#CC(C)(C)O)cccc21. The van der Waals surface area contributed by atoms with E-state index in [0.29, 0.717) is 6.61 Å². The van der Waals surface area contributed by atoms with E-state index in [2.05, 4.69) is 23.8 Å². The van der Waals surface area contributed by atoms with Gasteiger partial charge in [0, 0.05) is 13.6 Å². The highest BCUT2D eigenvalue weighted by atomic mass is 16.5. The molecule has 0 spiro atoms. The molecule has 0 unspecified atom stereocenters. The zero-order valence-corrected chi connectivity index (χ0v) is 11.2. The Hall–Kier alpha value is -1.66. The summed E-state index contributed by atoms with van der Waals surface area (Å²) in [6.45, 7) is 5.04. The summed E-state index contributed by atoms with van der Waals surface area (Å²) in [6, 6.07) is 5.94. The molecular formula is C15H19NO2. The Balaban J connectivity index is 2.43. The molecule has 0 atom stereocenters. The van der Waals surface area contributed by atoms with Crippen LogP contribution in [0, 0.1) is 11.8 Å². The van der Waals surface area contributed by atoms with Crippen LogP contribution in [0.4, 0.5) is 5.69 Å². The number of aliphatic hydroxyl groups is 1. The summed E-state index contributed by atoms with van der Waals surface area (Å²) >= 11 is 0. The molecule has 1 heterocycles. The fraction of sp³-hybridized carbons (Fsp3) is 0.467. The number of hydrogen-bond acceptors (Lipinski definition) is 3. The molecule has 0 bridgehead atoms. The van der Waals surface area contributed by atoms with Gasteiger partial charge >= 0.3 is 0 Å². The van der Waals surface area contributed by atoms with E-state index < -0.39 is 5.60 Å². The van der Waals surface area contributed by atoms with Gasteiger partial charge in [-0.15, -0.1) is 0 Å². The lowest BCUT2D eigenvalue weighted by Gasteiger charge is -2.18. The van der Waals surface area contributed by atoms with Gasteiger partial charge in [0.1, 0.15) is 5.60 Å². The van der Waals surface area contributed by atoms with Crippen LogP contribution < -0.4 is 9.64 Å². The highest BCUT2D eigenvalue weighted by Gasteiger charge is 2.16. The van der Waals surface area contributed by atoms with Gasteiger partial charge in [-0.3, -0.25) is 0 Å². The van der Waals surface area contributed by atoms with E-state index in [1.165, 1.54) is 0 Å². The van der Waals surface area contributed by atoms with Gasteiger partial charge in [0.05, 0.1) is 17.9 Å². The summed E-state index contributed by atoms with van der Waals surface area (Å²) < 4.78 is 5.79. The zero-order chi connectivity index (χ0) is 13.2. The van der Waals surface area contributed by atoms with Gasteiger partial charge in [-0.1, -0.05) is 17.9 Å². The van der Waals surface area contributed by atoms with Crippen molar-refractivity contribution in [1.82, 2.24) is 0 Å². The summed E-state index contributed by atoms with van der Waals surface area (Å²) in [5, 5.41) is 9.67. The monoisotopic (exact) mass is 245 g/mol. The number of anilines is 1. The number of para-hydroxylation sites is 1. The van der Waals surface area contributed by atoms with E-state index in [9.17, 15) is 5.11 Å². The highest BCUT2D eigenvalue weighted by Crippen LogP contribution is 2.33. The molecule has 1 aliphatic rings. The van der Waals surface area contributed by atoms with Crippen LogP contribution in [0.2, 0.25) is 0 Å². The number of nitrogens with zero attached hydrogens (tertiary/aromatic N) is 1. The summed E-state index contributed by atoms with van der Waals surface area (Å²) in [7, 11) is 2.06. The molecule has 0 aliphatic carbocycles. The lowest BCUT2D eigenvalue weighted by atomic mass is 10.1. The molecule has 0 saturated heterocycles. The van der Waals surface area contributed by atoms with Crippen molar-refractivity contribution < 1.29 is 9.84 Å². The smallest absolute Gasteiger partial charge is 0.158 e. The molecule has 0 fully saturated rings. The summed E-state index contributed by atoms with van der Waals surface area (Å²) in [4.78, 5) is 2.18. The second-order valence-corrected chi connectivity index (χ2v) is 5.09. The third-order valence-electron chi connectivity index (χ3n) is 2.79. The fourth-order valence-electron chi connectivity index (χ4n) is 1.89. The van der Waals surface area contributed by atoms with Gasteiger partial charge < -0.3 is 14.7 Å². The van der Waals surface area contributed by atoms with Crippen LogP contribution in [0.15, 0.2) is 18.2 Å². The highest BCUT2D eigenvalue weighted by molar-refractivity contribution is 5.66. The molecule has 3 heteroatoms. The molecule has 0 saturated carbocycles. The van der Waals surface area contributed by atoms with Crippen LogP contribution in [0.1, 0.15) is 25.8 Å². The molecule has 1 aliphatic heterocycles. The zero-order valence-electron chi connectivity index (χ0n) is 11.2. The molecule has 18 heavy (non-hydrogen) atoms. The summed E-state index contributed by atoms with van der Waals surface area (Å²) in [5.74, 6) is 6.67. The Morgan fingerprint density at radius 3 is 2.89 bits per heavy atom. The van der Waals surface area contributed by atoms with Crippen molar-refractivity contribution in [2.24, 2.45) is 0 Å². The Morgan fingerprint density at radius 2 is 2.17 bits per heavy atom. The second-order valence-electron chi connectivity index (χ2n) is 5.09. The maximum Gasteiger partial charge on any atom is 0.158 e. The minimum absolute atomic E-state index is 0.707. The van der Waals surface area contributed by atoms with E-state index in [1.807, 2.05) is 18.2 Å². The summed E-state index contributed by atoms with van der Waals surface area (Å²) in [5.41, 5.74) is 0.915. The van der Waals surface area contributed by atoms with E-state index in [1.54, 1.807) is 13.8 Å². The predicted octanol–water partition coefficient (Wildman–Crippen LogP) is 2.03. The number of rotatable bonds is 0. The predicted molar refractivity (Wildman–Crippen MR) is 73.0 cm³/mol. The van der Waals surface area contributed by atoms with E-state index >= 15 is 0 Å². The van der Waals surface area contributed by atoms with Crippen LogP contribution in [-0.4, -0.2) is 30.9 Å². The number of ether oxygens (including phenoxy) is 1. The van der Waals surface area contributed by atoms with Gasteiger partial charge in [-0.05, 0) is 32.4 Å². The maximum atomic E-state index is 9.67. The molecule has 1 N–H and O–H groups in total. The van der Waals surface area contributed by atoms with Gasteiger partial charge in [-0.25, -0.2) is 0 Å². The number of hydrogen-bond donors (Lipinski definition) is 1. The first-order chi connectivity index (χ1) is 8.47. The third-order valence-corrected chi connectivity index (χ3v) is 2.79. The molecule has 1 aromatic carbocycles. The van der Waals surface area contributed by atoms with Crippen molar-refractivity contribution in [3.63, 3.8) is 0 Å². The first kappa shape index (κ1) is 12.8. The molecule has 3 nitrogen and oxygen atoms in total. The van der Waals surface area contributed by atoms with Crippen LogP contribution in [0.5, 0.6) is 5.75 Å². The van der Waals surface area contributed by atoms with Crippen LogP contribution in [-0.2, 0) is 0 Å². The average molecular weight is 245 g/mol. The average Bonchev–Trinajstić information content (AvgIpc) is 2.49. The van der Waals surface area contributed by atoms with E-state index in [0.717, 1.165) is 30.0 Å². The van der Waals surface area contributed by atoms with Crippen molar-refractivity contribution >= 4 is 5.69 Å². The third kappa shape index (κ3) is 2.96. The molecule has 0 radical (unpaired) electrons. The largest absolute Gasteiger partial charge is 0.490 e. The first-order valence-electron chi connectivity index (χ1n) is 6.20. The van der Waals surface area contributed by atoms with Gasteiger partial charge in [0.25, 0.3) is 0 Å². The van der Waals surface area contributed by atoms with Crippen molar-refractivity contribution in [3.05, 3.63) is 23.8 Å². The minimum atomic E-state index is -0.987. The topological polar surface area (TPSA) is 32.7 Å². The van der Waals surface area contributed by atoms with Crippen LogP contribution >= 0.6 is 0 Å². The van der Waals surface area contributed by atoms with Crippen molar-refractivity contribution in [3.8, 4) is 17.6 Å². The Kier molecular flexibility index (Phi) is 3.49. The Labute approximate surface area is 108 Å². The standard InChI is InChI=1S/C15H19NO2/c1-15(2,17)9-8-12-6-4-7-13-14(12)18-11-5-10-16(13)3/h4,6-7,17H,5,10-11H2,1-3H3. The molecule has 96 valence electrons. The lowest BCUT2D eigenvalue weighted by Crippen LogP contribution is -2.17. The minimum Gasteiger partial charge on any atom is -0.490 e. The van der Waals surface area contributed by atoms with Gasteiger partial charge in [-0.2, -0.15) is 0 Å². The molecule has 2 rings (SSSR count). The van der Waals surface area contributed by atoms with Gasteiger partial charge in [0.2, 0.25) is 0 Å². The van der Waals surface area contributed by atoms with E-state index in [4.69, 9.17) is 4.74 Å². The first-order valence-corrected chi connectivity index (χ1v) is 6.20. The second kappa shape index (κ2) is 4.91. The van der Waals surface area contributed by atoms with Crippen molar-refractivity contribution in [2.45, 2.75) is 25.9 Å². The fourth-order valence-corrected chi connectivity index (χ4v) is 1.89. The number of fused-ring (bicyclic) bond motifs is 1. The summed E-state index contributed by atoms with van der Waals surface area (Å²) in [6.07, 6.45) is 1.00. The lowest BCUT2D eigenvalue weighted by molar-refractivity contribution is 0.143. The van der Waals surface area contributed by atoms with Crippen molar-refractivity contribution in [1.29, 1.82) is 0 Å². The van der Waals surface area contributed by atoms with Crippen molar-refractivity contribution in [2.75, 3.05) is 25.1 Å².